The maximum atomic E-state index is 14.5. The highest BCUT2D eigenvalue weighted by Crippen LogP contribution is 2.64. The van der Waals surface area contributed by atoms with Crippen molar-refractivity contribution in [2.24, 2.45) is 5.41 Å². The molecule has 2 aliphatic heterocycles. The Morgan fingerprint density at radius 1 is 0.625 bits per heavy atom. The molecular formula is C18H17F17O5. The minimum atomic E-state index is -8.71. The molecule has 22 heteroatoms. The Bertz CT molecular complexity index is 888. The number of epoxide rings is 1. The van der Waals surface area contributed by atoms with E-state index in [-0.39, 0.29) is 13.2 Å². The molecule has 0 aromatic rings. The monoisotopic (exact) mass is 636 g/mol. The Balaban J connectivity index is 2.38. The largest absolute Gasteiger partial charge is 0.460 e. The Kier molecular flexibility index (Phi) is 9.05. The van der Waals surface area contributed by atoms with Crippen molar-refractivity contribution in [1.82, 2.24) is 0 Å². The molecule has 0 radical (unpaired) electrons. The first-order valence-electron chi connectivity index (χ1n) is 10.4. The second-order valence-electron chi connectivity index (χ2n) is 9.01. The van der Waals surface area contributed by atoms with Crippen molar-refractivity contribution in [3.63, 3.8) is 0 Å². The Morgan fingerprint density at radius 2 is 1.07 bits per heavy atom. The van der Waals surface area contributed by atoms with Gasteiger partial charge < -0.3 is 24.1 Å². The molecule has 3 unspecified atom stereocenters. The molecule has 1 N–H and O–H groups in total. The molecule has 0 bridgehead atoms. The zero-order valence-corrected chi connectivity index (χ0v) is 19.1. The van der Waals surface area contributed by atoms with Crippen LogP contribution in [0.15, 0.2) is 0 Å². The summed E-state index contributed by atoms with van der Waals surface area (Å²) >= 11 is 0. The van der Waals surface area contributed by atoms with Gasteiger partial charge in [0.2, 0.25) is 0 Å². The van der Waals surface area contributed by atoms with Crippen LogP contribution in [0.5, 0.6) is 0 Å². The van der Waals surface area contributed by atoms with Crippen molar-refractivity contribution in [2.75, 3.05) is 46.2 Å². The van der Waals surface area contributed by atoms with Gasteiger partial charge in [-0.2, -0.15) is 74.6 Å². The molecule has 0 amide bonds. The van der Waals surface area contributed by atoms with Crippen molar-refractivity contribution in [3.8, 4) is 0 Å². The first kappa shape index (κ1) is 34.8. The van der Waals surface area contributed by atoms with Crippen LogP contribution in [0.3, 0.4) is 0 Å². The van der Waals surface area contributed by atoms with Gasteiger partial charge in [-0.15, -0.1) is 0 Å². The fraction of sp³-hybridized carbons (Fsp3) is 1.00. The molecule has 2 rings (SSSR count). The minimum absolute atomic E-state index is 0.146. The molecule has 2 heterocycles. The topological polar surface area (TPSA) is 60.5 Å². The van der Waals surface area contributed by atoms with E-state index >= 15 is 0 Å². The molecule has 0 aromatic carbocycles. The molecule has 238 valence electrons. The number of alkyl halides is 17. The quantitative estimate of drug-likeness (QED) is 0.247. The number of aliphatic hydroxyl groups excluding tert-OH is 1. The summed E-state index contributed by atoms with van der Waals surface area (Å²) in [6.07, 6.45) is -12.0. The van der Waals surface area contributed by atoms with Gasteiger partial charge in [0.1, 0.15) is 6.10 Å². The van der Waals surface area contributed by atoms with Crippen LogP contribution in [0.2, 0.25) is 0 Å². The summed E-state index contributed by atoms with van der Waals surface area (Å²) in [6, 6.07) is 0. The van der Waals surface area contributed by atoms with E-state index in [1.807, 2.05) is 0 Å². The highest BCUT2D eigenvalue weighted by atomic mass is 19.4. The van der Waals surface area contributed by atoms with Crippen LogP contribution >= 0.6 is 0 Å². The Hall–Kier alpha value is -1.39. The summed E-state index contributed by atoms with van der Waals surface area (Å²) in [5, 5.41) is 9.50. The van der Waals surface area contributed by atoms with Crippen LogP contribution in [0, 0.1) is 5.41 Å². The average Bonchev–Trinajstić information content (AvgIpc) is 3.64. The average molecular weight is 636 g/mol. The first-order chi connectivity index (χ1) is 17.7. The lowest BCUT2D eigenvalue weighted by atomic mass is 9.87. The molecule has 2 fully saturated rings. The second kappa shape index (κ2) is 10.4. The van der Waals surface area contributed by atoms with E-state index < -0.39 is 98.3 Å². The van der Waals surface area contributed by atoms with Gasteiger partial charge >= 0.3 is 47.6 Å². The van der Waals surface area contributed by atoms with E-state index in [0.717, 1.165) is 0 Å². The number of halogens is 17. The molecule has 2 aliphatic rings. The summed E-state index contributed by atoms with van der Waals surface area (Å²) in [5.74, 6) is -57.3. The highest BCUT2D eigenvalue weighted by Gasteiger charge is 2.95. The van der Waals surface area contributed by atoms with Crippen molar-refractivity contribution >= 4 is 0 Å². The van der Waals surface area contributed by atoms with Gasteiger partial charge in [0.05, 0.1) is 51.7 Å². The van der Waals surface area contributed by atoms with Crippen LogP contribution in [-0.4, -0.2) is 111 Å². The first-order valence-corrected chi connectivity index (χ1v) is 10.4. The number of ether oxygens (including phenoxy) is 4. The van der Waals surface area contributed by atoms with Gasteiger partial charge in [-0.25, -0.2) is 0 Å². The second-order valence-corrected chi connectivity index (χ2v) is 9.01. The third-order valence-corrected chi connectivity index (χ3v) is 5.87. The molecule has 3 atom stereocenters. The van der Waals surface area contributed by atoms with E-state index in [9.17, 15) is 79.7 Å². The SMILES string of the molecule is OCC1(COCC2CO2)COCC(C(F)(F)C(F)(F)C(F)(F)C(F)(F)C(F)(F)C(F)(F)C(F)(F)C(F)(F)F)OC1. The zero-order valence-electron chi connectivity index (χ0n) is 19.1. The molecule has 0 aliphatic carbocycles. The molecule has 0 aromatic heterocycles. The molecule has 40 heavy (non-hydrogen) atoms. The molecular weight excluding hydrogens is 619 g/mol. The molecule has 0 saturated carbocycles. The number of hydrogen-bond donors (Lipinski definition) is 1. The molecule has 2 saturated heterocycles. The number of rotatable bonds is 12. The third kappa shape index (κ3) is 5.30. The van der Waals surface area contributed by atoms with Crippen LogP contribution in [0.4, 0.5) is 74.6 Å². The van der Waals surface area contributed by atoms with E-state index in [2.05, 4.69) is 9.47 Å². The van der Waals surface area contributed by atoms with Gasteiger partial charge in [0, 0.05) is 0 Å². The van der Waals surface area contributed by atoms with Crippen LogP contribution < -0.4 is 0 Å². The van der Waals surface area contributed by atoms with Crippen LogP contribution in [0.1, 0.15) is 0 Å². The highest BCUT2D eigenvalue weighted by molar-refractivity contribution is 5.16. The molecule has 0 spiro atoms. The Labute approximate surface area is 211 Å². The molecule has 5 nitrogen and oxygen atoms in total. The smallest absolute Gasteiger partial charge is 0.396 e. The fourth-order valence-electron chi connectivity index (χ4n) is 3.13. The van der Waals surface area contributed by atoms with E-state index in [1.54, 1.807) is 0 Å². The summed E-state index contributed by atoms with van der Waals surface area (Å²) in [7, 11) is 0. The van der Waals surface area contributed by atoms with Gasteiger partial charge in [-0.3, -0.25) is 0 Å². The van der Waals surface area contributed by atoms with Crippen molar-refractivity contribution in [3.05, 3.63) is 0 Å². The van der Waals surface area contributed by atoms with Gasteiger partial charge in [0.15, 0.2) is 6.10 Å². The lowest BCUT2D eigenvalue weighted by Crippen LogP contribution is -2.75. The van der Waals surface area contributed by atoms with Gasteiger partial charge in [0.25, 0.3) is 0 Å². The summed E-state index contributed by atoms with van der Waals surface area (Å²) in [5.41, 5.74) is -1.88. The van der Waals surface area contributed by atoms with E-state index in [4.69, 9.17) is 9.47 Å². The number of aliphatic hydroxyl groups is 1. The maximum absolute atomic E-state index is 14.5. The summed E-state index contributed by atoms with van der Waals surface area (Å²) in [4.78, 5) is 0. The lowest BCUT2D eigenvalue weighted by Gasteiger charge is -2.43. The maximum Gasteiger partial charge on any atom is 0.460 e. The predicted octanol–water partition coefficient (Wildman–Crippen LogP) is 4.81. The lowest BCUT2D eigenvalue weighted by molar-refractivity contribution is -0.464. The van der Waals surface area contributed by atoms with Gasteiger partial charge in [-0.1, -0.05) is 0 Å². The van der Waals surface area contributed by atoms with E-state index in [0.29, 0.717) is 0 Å². The van der Waals surface area contributed by atoms with Crippen LogP contribution in [0.25, 0.3) is 0 Å². The predicted molar refractivity (Wildman–Crippen MR) is 91.3 cm³/mol. The summed E-state index contributed by atoms with van der Waals surface area (Å²) in [6.45, 7) is -5.73. The third-order valence-electron chi connectivity index (χ3n) is 5.87. The van der Waals surface area contributed by atoms with Crippen molar-refractivity contribution in [1.29, 1.82) is 0 Å². The standard InChI is InChI=1S/C18H17F17O5/c19-11(20,9-3-38-6-10(4-36,7-40-9)5-37-1-8-2-39-8)12(21,22)13(23,24)14(25,26)15(27,28)16(29,30)17(31,32)18(33,34)35/h8-9,36H,1-7H2. The van der Waals surface area contributed by atoms with Gasteiger partial charge in [-0.05, 0) is 0 Å². The normalized spacial score (nSPS) is 26.6. The minimum Gasteiger partial charge on any atom is -0.396 e. The number of hydrogen-bond acceptors (Lipinski definition) is 5. The van der Waals surface area contributed by atoms with Crippen molar-refractivity contribution < 1.29 is 98.7 Å². The fourth-order valence-corrected chi connectivity index (χ4v) is 3.13. The van der Waals surface area contributed by atoms with Crippen molar-refractivity contribution in [2.45, 2.75) is 59.8 Å². The summed E-state index contributed by atoms with van der Waals surface area (Å²) < 4.78 is 248. The zero-order chi connectivity index (χ0) is 31.4. The van der Waals surface area contributed by atoms with Crippen LogP contribution in [-0.2, 0) is 18.9 Å². The Morgan fingerprint density at radius 3 is 1.50 bits per heavy atom. The van der Waals surface area contributed by atoms with E-state index in [1.165, 1.54) is 0 Å².